The van der Waals surface area contributed by atoms with Crippen molar-refractivity contribution in [1.82, 2.24) is 9.80 Å². The van der Waals surface area contributed by atoms with Gasteiger partial charge in [0.05, 0.1) is 0 Å². The molecule has 3 heteroatoms. The molecule has 2 rings (SSSR count). The van der Waals surface area contributed by atoms with Gasteiger partial charge in [-0.05, 0) is 51.7 Å². The molecule has 2 aliphatic heterocycles. The first-order chi connectivity index (χ1) is 7.24. The summed E-state index contributed by atoms with van der Waals surface area (Å²) in [6, 6.07) is 0. The molecule has 0 aromatic rings. The molecule has 0 aromatic carbocycles. The van der Waals surface area contributed by atoms with Crippen molar-refractivity contribution < 1.29 is 4.39 Å². The Hall–Kier alpha value is -0.150. The molecular weight excluding hydrogens is 191 g/mol. The second-order valence-corrected chi connectivity index (χ2v) is 5.22. The quantitative estimate of drug-likeness (QED) is 0.691. The summed E-state index contributed by atoms with van der Waals surface area (Å²) in [5.41, 5.74) is 0. The maximum atomic E-state index is 13.0. The number of hydrogen-bond acceptors (Lipinski definition) is 2. The molecule has 0 aromatic heterocycles. The average molecular weight is 214 g/mol. The lowest BCUT2D eigenvalue weighted by Crippen LogP contribution is -2.41. The molecule has 2 fully saturated rings. The smallest absolute Gasteiger partial charge is 0.103 e. The molecule has 88 valence electrons. The topological polar surface area (TPSA) is 6.48 Å². The molecule has 2 aliphatic rings. The fourth-order valence-corrected chi connectivity index (χ4v) is 2.69. The Bertz CT molecular complexity index is 162. The molecule has 0 atom stereocenters. The van der Waals surface area contributed by atoms with E-state index in [4.69, 9.17) is 0 Å². The van der Waals surface area contributed by atoms with Crippen LogP contribution in [0.4, 0.5) is 4.39 Å². The highest BCUT2D eigenvalue weighted by Gasteiger charge is 2.23. The summed E-state index contributed by atoms with van der Waals surface area (Å²) in [6.07, 6.45) is 3.64. The van der Waals surface area contributed by atoms with E-state index in [0.29, 0.717) is 0 Å². The molecule has 2 saturated heterocycles. The molecule has 0 bridgehead atoms. The summed E-state index contributed by atoms with van der Waals surface area (Å²) in [7, 11) is 2.20. The van der Waals surface area contributed by atoms with Crippen molar-refractivity contribution in [2.45, 2.75) is 31.9 Å². The van der Waals surface area contributed by atoms with Crippen LogP contribution in [0.1, 0.15) is 25.7 Å². The van der Waals surface area contributed by atoms with Crippen molar-refractivity contribution in [1.29, 1.82) is 0 Å². The highest BCUT2D eigenvalue weighted by atomic mass is 19.1. The van der Waals surface area contributed by atoms with Gasteiger partial charge >= 0.3 is 0 Å². The van der Waals surface area contributed by atoms with E-state index in [-0.39, 0.29) is 0 Å². The normalized spacial score (nSPS) is 28.4. The summed E-state index contributed by atoms with van der Waals surface area (Å²) < 4.78 is 13.0. The molecule has 0 unspecified atom stereocenters. The lowest BCUT2D eigenvalue weighted by molar-refractivity contribution is 0.112. The zero-order chi connectivity index (χ0) is 10.7. The number of halogens is 1. The third-order valence-corrected chi connectivity index (χ3v) is 3.87. The van der Waals surface area contributed by atoms with Gasteiger partial charge in [0, 0.05) is 19.6 Å². The van der Waals surface area contributed by atoms with Crippen molar-refractivity contribution in [3.8, 4) is 0 Å². The standard InChI is InChI=1S/C12H23FN2/c1-14-6-2-11(3-7-14)10-15-8-4-12(13)5-9-15/h11-12H,2-10H2,1H3. The van der Waals surface area contributed by atoms with Crippen LogP contribution in [0.5, 0.6) is 0 Å². The highest BCUT2D eigenvalue weighted by Crippen LogP contribution is 2.20. The molecule has 15 heavy (non-hydrogen) atoms. The van der Waals surface area contributed by atoms with Crippen molar-refractivity contribution in [3.63, 3.8) is 0 Å². The largest absolute Gasteiger partial charge is 0.306 e. The predicted molar refractivity (Wildman–Crippen MR) is 60.8 cm³/mol. The number of nitrogens with zero attached hydrogens (tertiary/aromatic N) is 2. The van der Waals surface area contributed by atoms with Crippen LogP contribution in [-0.4, -0.2) is 55.7 Å². The maximum absolute atomic E-state index is 13.0. The zero-order valence-corrected chi connectivity index (χ0v) is 9.79. The van der Waals surface area contributed by atoms with Crippen LogP contribution in [-0.2, 0) is 0 Å². The number of alkyl halides is 1. The van der Waals surface area contributed by atoms with Gasteiger partial charge in [-0.25, -0.2) is 4.39 Å². The van der Waals surface area contributed by atoms with Crippen LogP contribution >= 0.6 is 0 Å². The molecule has 2 heterocycles. The summed E-state index contributed by atoms with van der Waals surface area (Å²) in [4.78, 5) is 4.87. The Kier molecular flexibility index (Phi) is 3.98. The lowest BCUT2D eigenvalue weighted by Gasteiger charge is -2.35. The van der Waals surface area contributed by atoms with Crippen LogP contribution in [0.25, 0.3) is 0 Å². The van der Waals surface area contributed by atoms with E-state index in [1.165, 1.54) is 32.5 Å². The summed E-state index contributed by atoms with van der Waals surface area (Å²) in [6.45, 7) is 5.65. The van der Waals surface area contributed by atoms with Crippen molar-refractivity contribution in [2.75, 3.05) is 39.8 Å². The van der Waals surface area contributed by atoms with E-state index in [0.717, 1.165) is 31.8 Å². The van der Waals surface area contributed by atoms with E-state index in [1.54, 1.807) is 0 Å². The van der Waals surface area contributed by atoms with Gasteiger partial charge < -0.3 is 9.80 Å². The van der Waals surface area contributed by atoms with Crippen molar-refractivity contribution in [3.05, 3.63) is 0 Å². The van der Waals surface area contributed by atoms with Crippen LogP contribution in [0.2, 0.25) is 0 Å². The zero-order valence-electron chi connectivity index (χ0n) is 9.79. The second kappa shape index (κ2) is 5.26. The lowest BCUT2D eigenvalue weighted by atomic mass is 9.95. The summed E-state index contributed by atoms with van der Waals surface area (Å²) in [5, 5.41) is 0. The molecule has 2 nitrogen and oxygen atoms in total. The predicted octanol–water partition coefficient (Wildman–Crippen LogP) is 1.76. The van der Waals surface area contributed by atoms with Crippen LogP contribution in [0.3, 0.4) is 0 Å². The molecule has 0 radical (unpaired) electrons. The number of piperidine rings is 2. The fraction of sp³-hybridized carbons (Fsp3) is 1.00. The molecule has 0 aliphatic carbocycles. The first-order valence-corrected chi connectivity index (χ1v) is 6.29. The number of hydrogen-bond donors (Lipinski definition) is 0. The number of likely N-dealkylation sites (tertiary alicyclic amines) is 2. The maximum Gasteiger partial charge on any atom is 0.103 e. The van der Waals surface area contributed by atoms with E-state index < -0.39 is 6.17 Å². The summed E-state index contributed by atoms with van der Waals surface area (Å²) in [5.74, 6) is 0.859. The minimum Gasteiger partial charge on any atom is -0.306 e. The fourth-order valence-electron chi connectivity index (χ4n) is 2.69. The Morgan fingerprint density at radius 1 is 1.00 bits per heavy atom. The third-order valence-electron chi connectivity index (χ3n) is 3.87. The van der Waals surface area contributed by atoms with E-state index >= 15 is 0 Å². The van der Waals surface area contributed by atoms with Gasteiger partial charge in [-0.3, -0.25) is 0 Å². The molecule has 0 saturated carbocycles. The first-order valence-electron chi connectivity index (χ1n) is 6.29. The molecule has 0 N–H and O–H groups in total. The minimum absolute atomic E-state index is 0.529. The summed E-state index contributed by atoms with van der Waals surface area (Å²) >= 11 is 0. The van der Waals surface area contributed by atoms with Crippen molar-refractivity contribution >= 4 is 0 Å². The average Bonchev–Trinajstić information content (AvgIpc) is 2.25. The number of rotatable bonds is 2. The van der Waals surface area contributed by atoms with E-state index in [2.05, 4.69) is 16.8 Å². The minimum atomic E-state index is -0.529. The first kappa shape index (κ1) is 11.3. The monoisotopic (exact) mass is 214 g/mol. The van der Waals surface area contributed by atoms with Gasteiger partial charge in [-0.15, -0.1) is 0 Å². The van der Waals surface area contributed by atoms with Gasteiger partial charge in [-0.2, -0.15) is 0 Å². The van der Waals surface area contributed by atoms with Gasteiger partial charge in [-0.1, -0.05) is 0 Å². The van der Waals surface area contributed by atoms with Crippen LogP contribution in [0.15, 0.2) is 0 Å². The molecule has 0 spiro atoms. The molecule has 0 amide bonds. The van der Waals surface area contributed by atoms with E-state index in [9.17, 15) is 4.39 Å². The van der Waals surface area contributed by atoms with Gasteiger partial charge in [0.2, 0.25) is 0 Å². The van der Waals surface area contributed by atoms with Gasteiger partial charge in [0.15, 0.2) is 0 Å². The Morgan fingerprint density at radius 3 is 2.20 bits per heavy atom. The Morgan fingerprint density at radius 2 is 1.60 bits per heavy atom. The highest BCUT2D eigenvalue weighted by molar-refractivity contribution is 4.77. The van der Waals surface area contributed by atoms with Gasteiger partial charge in [0.1, 0.15) is 6.17 Å². The molecular formula is C12H23FN2. The SMILES string of the molecule is CN1CCC(CN2CCC(F)CC2)CC1. The second-order valence-electron chi connectivity index (χ2n) is 5.22. The van der Waals surface area contributed by atoms with Gasteiger partial charge in [0.25, 0.3) is 0 Å². The van der Waals surface area contributed by atoms with Crippen molar-refractivity contribution in [2.24, 2.45) is 5.92 Å². The van der Waals surface area contributed by atoms with Crippen LogP contribution < -0.4 is 0 Å². The third kappa shape index (κ3) is 3.42. The van der Waals surface area contributed by atoms with E-state index in [1.807, 2.05) is 0 Å². The Balaban J connectivity index is 1.68. The van der Waals surface area contributed by atoms with Crippen LogP contribution in [0, 0.1) is 5.92 Å². The Labute approximate surface area is 92.4 Å².